The zero-order chi connectivity index (χ0) is 21.8. The lowest BCUT2D eigenvalue weighted by atomic mass is 10.2. The van der Waals surface area contributed by atoms with Gasteiger partial charge in [-0.25, -0.2) is 4.39 Å². The predicted octanol–water partition coefficient (Wildman–Crippen LogP) is 4.47. The van der Waals surface area contributed by atoms with E-state index in [1.807, 2.05) is 17.5 Å². The average molecular weight is 435 g/mol. The van der Waals surface area contributed by atoms with Crippen LogP contribution in [0.5, 0.6) is 0 Å². The van der Waals surface area contributed by atoms with Crippen molar-refractivity contribution in [3.8, 4) is 0 Å². The molecule has 7 heteroatoms. The Kier molecular flexibility index (Phi) is 10.5. The van der Waals surface area contributed by atoms with Crippen LogP contribution < -0.4 is 0 Å². The summed E-state index contributed by atoms with van der Waals surface area (Å²) in [4.78, 5) is 30.2. The number of hydrogen-bond donors (Lipinski definition) is 0. The monoisotopic (exact) mass is 434 g/mol. The van der Waals surface area contributed by atoms with E-state index >= 15 is 0 Å². The summed E-state index contributed by atoms with van der Waals surface area (Å²) >= 11 is 1.58. The van der Waals surface area contributed by atoms with Crippen LogP contribution in [0.3, 0.4) is 0 Å². The van der Waals surface area contributed by atoms with Crippen molar-refractivity contribution in [1.82, 2.24) is 9.80 Å². The maximum Gasteiger partial charge on any atom is 0.242 e. The number of thiophene rings is 1. The molecule has 2 aromatic rings. The van der Waals surface area contributed by atoms with Crippen molar-refractivity contribution in [1.29, 1.82) is 0 Å². The van der Waals surface area contributed by atoms with Crippen LogP contribution in [0.15, 0.2) is 41.8 Å². The number of unbranched alkanes of at least 4 members (excludes halogenated alkanes) is 2. The van der Waals surface area contributed by atoms with E-state index in [0.29, 0.717) is 32.7 Å². The van der Waals surface area contributed by atoms with Gasteiger partial charge in [-0.2, -0.15) is 0 Å². The Morgan fingerprint density at radius 1 is 1.03 bits per heavy atom. The molecule has 0 bridgehead atoms. The van der Waals surface area contributed by atoms with Crippen molar-refractivity contribution in [3.63, 3.8) is 0 Å². The van der Waals surface area contributed by atoms with Crippen molar-refractivity contribution in [2.45, 2.75) is 45.7 Å². The second-order valence-electron chi connectivity index (χ2n) is 7.22. The lowest BCUT2D eigenvalue weighted by Gasteiger charge is -2.27. The summed E-state index contributed by atoms with van der Waals surface area (Å²) in [6, 6.07) is 10.1. The first kappa shape index (κ1) is 24.0. The number of hydrogen-bond acceptors (Lipinski definition) is 4. The number of amides is 2. The summed E-state index contributed by atoms with van der Waals surface area (Å²) in [6.45, 7) is 3.69. The molecular weight excluding hydrogens is 403 g/mol. The molecule has 2 amide bonds. The molecule has 2 rings (SSSR count). The molecule has 0 atom stereocenters. The first-order chi connectivity index (χ1) is 14.5. The predicted molar refractivity (Wildman–Crippen MR) is 118 cm³/mol. The SMILES string of the molecule is CCCCCC(=O)N(CCOC)CC(=O)N(Cc1ccc(F)cc1)Cc1cccs1. The van der Waals surface area contributed by atoms with Gasteiger partial charge in [0, 0.05) is 31.5 Å². The van der Waals surface area contributed by atoms with Gasteiger partial charge in [-0.05, 0) is 35.6 Å². The van der Waals surface area contributed by atoms with E-state index < -0.39 is 0 Å². The Labute approximate surface area is 182 Å². The smallest absolute Gasteiger partial charge is 0.242 e. The largest absolute Gasteiger partial charge is 0.383 e. The molecule has 0 unspecified atom stereocenters. The van der Waals surface area contributed by atoms with Gasteiger partial charge in [-0.1, -0.05) is 38.0 Å². The van der Waals surface area contributed by atoms with Crippen molar-refractivity contribution >= 4 is 23.2 Å². The Bertz CT molecular complexity index is 765. The van der Waals surface area contributed by atoms with Crippen LogP contribution in [0.1, 0.15) is 43.0 Å². The van der Waals surface area contributed by atoms with Crippen molar-refractivity contribution in [3.05, 3.63) is 58.0 Å². The normalized spacial score (nSPS) is 10.8. The lowest BCUT2D eigenvalue weighted by Crippen LogP contribution is -2.43. The number of benzene rings is 1. The standard InChI is InChI=1S/C23H31FN2O3S/c1-3-4-5-8-22(27)25(13-14-29-2)18-23(28)26(17-21-7-6-15-30-21)16-19-9-11-20(24)12-10-19/h6-7,9-12,15H,3-5,8,13-14,16-18H2,1-2H3. The third kappa shape index (κ3) is 8.24. The molecule has 1 heterocycles. The van der Waals surface area contributed by atoms with Crippen molar-refractivity contribution in [2.24, 2.45) is 0 Å². The third-order valence-corrected chi connectivity index (χ3v) is 5.67. The van der Waals surface area contributed by atoms with E-state index in [1.54, 1.807) is 40.4 Å². The minimum absolute atomic E-state index is 0.0148. The number of carbonyl (C=O) groups excluding carboxylic acids is 2. The highest BCUT2D eigenvalue weighted by molar-refractivity contribution is 7.09. The Balaban J connectivity index is 2.10. The lowest BCUT2D eigenvalue weighted by molar-refractivity contribution is -0.141. The highest BCUT2D eigenvalue weighted by Gasteiger charge is 2.22. The first-order valence-corrected chi connectivity index (χ1v) is 11.2. The van der Waals surface area contributed by atoms with Crippen LogP contribution in [-0.4, -0.2) is 48.4 Å². The van der Waals surface area contributed by atoms with Gasteiger partial charge in [0.05, 0.1) is 19.7 Å². The maximum atomic E-state index is 13.3. The van der Waals surface area contributed by atoms with Crippen LogP contribution in [0.4, 0.5) is 4.39 Å². The van der Waals surface area contributed by atoms with E-state index in [1.165, 1.54) is 12.1 Å². The average Bonchev–Trinajstić information content (AvgIpc) is 3.25. The minimum Gasteiger partial charge on any atom is -0.383 e. The maximum absolute atomic E-state index is 13.3. The Hall–Kier alpha value is -2.25. The summed E-state index contributed by atoms with van der Waals surface area (Å²) in [6.07, 6.45) is 3.29. The molecule has 0 N–H and O–H groups in total. The van der Waals surface area contributed by atoms with Crippen LogP contribution >= 0.6 is 11.3 Å². The van der Waals surface area contributed by atoms with Crippen molar-refractivity contribution in [2.75, 3.05) is 26.8 Å². The zero-order valence-corrected chi connectivity index (χ0v) is 18.6. The number of ether oxygens (including phenoxy) is 1. The van der Waals surface area contributed by atoms with Gasteiger partial charge in [-0.3, -0.25) is 9.59 Å². The number of halogens is 1. The summed E-state index contributed by atoms with van der Waals surface area (Å²) in [7, 11) is 1.58. The summed E-state index contributed by atoms with van der Waals surface area (Å²) in [5, 5.41) is 1.97. The molecule has 0 spiro atoms. The van der Waals surface area contributed by atoms with Gasteiger partial charge in [0.1, 0.15) is 5.82 Å². The molecule has 0 fully saturated rings. The van der Waals surface area contributed by atoms with E-state index in [4.69, 9.17) is 4.74 Å². The van der Waals surface area contributed by atoms with Crippen LogP contribution in [0.25, 0.3) is 0 Å². The van der Waals surface area contributed by atoms with E-state index in [-0.39, 0.29) is 24.2 Å². The summed E-state index contributed by atoms with van der Waals surface area (Å²) in [5.74, 6) is -0.460. The van der Waals surface area contributed by atoms with Crippen LogP contribution in [0, 0.1) is 5.82 Å². The molecule has 0 saturated heterocycles. The van der Waals surface area contributed by atoms with Crippen molar-refractivity contribution < 1.29 is 18.7 Å². The van der Waals surface area contributed by atoms with Gasteiger partial charge in [0.15, 0.2) is 0 Å². The Morgan fingerprint density at radius 3 is 2.43 bits per heavy atom. The Morgan fingerprint density at radius 2 is 1.80 bits per heavy atom. The number of methoxy groups -OCH3 is 1. The number of nitrogens with zero attached hydrogens (tertiary/aromatic N) is 2. The second-order valence-corrected chi connectivity index (χ2v) is 8.25. The fourth-order valence-corrected chi connectivity index (χ4v) is 3.79. The van der Waals surface area contributed by atoms with Crippen LogP contribution in [0.2, 0.25) is 0 Å². The molecule has 30 heavy (non-hydrogen) atoms. The van der Waals surface area contributed by atoms with Gasteiger partial charge >= 0.3 is 0 Å². The number of rotatable bonds is 13. The van der Waals surface area contributed by atoms with Crippen LogP contribution in [-0.2, 0) is 27.4 Å². The minimum atomic E-state index is -0.307. The first-order valence-electron chi connectivity index (χ1n) is 10.3. The molecule has 0 aliphatic carbocycles. The summed E-state index contributed by atoms with van der Waals surface area (Å²) in [5.41, 5.74) is 0.846. The number of carbonyl (C=O) groups is 2. The zero-order valence-electron chi connectivity index (χ0n) is 17.8. The van der Waals surface area contributed by atoms with E-state index in [9.17, 15) is 14.0 Å². The van der Waals surface area contributed by atoms with E-state index in [2.05, 4.69) is 6.92 Å². The highest BCUT2D eigenvalue weighted by Crippen LogP contribution is 2.16. The fraction of sp³-hybridized carbons (Fsp3) is 0.478. The quantitative estimate of drug-likeness (QED) is 0.437. The molecule has 0 aliphatic heterocycles. The van der Waals surface area contributed by atoms with Gasteiger partial charge < -0.3 is 14.5 Å². The molecule has 0 aliphatic rings. The summed E-state index contributed by atoms with van der Waals surface area (Å²) < 4.78 is 18.4. The molecule has 0 radical (unpaired) electrons. The molecule has 164 valence electrons. The highest BCUT2D eigenvalue weighted by atomic mass is 32.1. The fourth-order valence-electron chi connectivity index (χ4n) is 3.07. The molecule has 1 aromatic carbocycles. The van der Waals surface area contributed by atoms with Gasteiger partial charge in [0.2, 0.25) is 11.8 Å². The topological polar surface area (TPSA) is 49.9 Å². The molecule has 0 saturated carbocycles. The molecule has 5 nitrogen and oxygen atoms in total. The molecular formula is C23H31FN2O3S. The van der Waals surface area contributed by atoms with E-state index in [0.717, 1.165) is 29.7 Å². The second kappa shape index (κ2) is 13.1. The molecule has 1 aromatic heterocycles. The third-order valence-electron chi connectivity index (χ3n) is 4.80. The van der Waals surface area contributed by atoms with Gasteiger partial charge in [0.25, 0.3) is 0 Å². The van der Waals surface area contributed by atoms with Gasteiger partial charge in [-0.15, -0.1) is 11.3 Å².